The van der Waals surface area contributed by atoms with E-state index in [-0.39, 0.29) is 17.9 Å². The van der Waals surface area contributed by atoms with E-state index in [2.05, 4.69) is 0 Å². The predicted octanol–water partition coefficient (Wildman–Crippen LogP) is 0.222. The number of hydrogen-bond donors (Lipinski definition) is 0. The molecule has 2 fully saturated rings. The second kappa shape index (κ2) is 4.31. The Morgan fingerprint density at radius 3 is 1.94 bits per heavy atom. The van der Waals surface area contributed by atoms with Crippen LogP contribution >= 0.6 is 0 Å². The van der Waals surface area contributed by atoms with Crippen molar-refractivity contribution < 1.29 is 9.59 Å². The zero-order chi connectivity index (χ0) is 11.7. The zero-order valence-corrected chi connectivity index (χ0v) is 9.98. The summed E-state index contributed by atoms with van der Waals surface area (Å²) in [5, 5.41) is 0. The third-order valence-electron chi connectivity index (χ3n) is 3.17. The fourth-order valence-electron chi connectivity index (χ4n) is 1.99. The fraction of sp³-hybridized carbons (Fsp3) is 0.818. The first-order valence-corrected chi connectivity index (χ1v) is 5.84. The lowest BCUT2D eigenvalue weighted by atomic mass is 10.2. The molecule has 0 spiro atoms. The summed E-state index contributed by atoms with van der Waals surface area (Å²) in [5.41, 5.74) is 0. The average molecular weight is 225 g/mol. The summed E-state index contributed by atoms with van der Waals surface area (Å²) in [5.74, 6) is 0.577. The maximum absolute atomic E-state index is 11.8. The Morgan fingerprint density at radius 2 is 1.50 bits per heavy atom. The Kier molecular flexibility index (Phi) is 3.03. The van der Waals surface area contributed by atoms with E-state index in [0.29, 0.717) is 26.2 Å². The van der Waals surface area contributed by atoms with Crippen molar-refractivity contribution in [2.45, 2.75) is 12.8 Å². The summed E-state index contributed by atoms with van der Waals surface area (Å²) in [6.45, 7) is 2.70. The van der Waals surface area contributed by atoms with Crippen LogP contribution in [0.25, 0.3) is 0 Å². The minimum Gasteiger partial charge on any atom is -0.339 e. The van der Waals surface area contributed by atoms with Crippen LogP contribution in [0.4, 0.5) is 4.79 Å². The highest BCUT2D eigenvalue weighted by Gasteiger charge is 2.35. The molecule has 3 amide bonds. The van der Waals surface area contributed by atoms with E-state index in [1.165, 1.54) is 0 Å². The molecule has 1 aliphatic heterocycles. The van der Waals surface area contributed by atoms with Crippen LogP contribution in [0, 0.1) is 5.92 Å². The van der Waals surface area contributed by atoms with Gasteiger partial charge < -0.3 is 14.7 Å². The Balaban J connectivity index is 1.82. The molecule has 0 radical (unpaired) electrons. The Bertz CT molecular complexity index is 270. The summed E-state index contributed by atoms with van der Waals surface area (Å²) in [4.78, 5) is 28.7. The normalized spacial score (nSPS) is 20.9. The number of nitrogens with zero attached hydrogens (tertiary/aromatic N) is 3. The molecule has 0 unspecified atom stereocenters. The van der Waals surface area contributed by atoms with Crippen LogP contribution in [0.1, 0.15) is 12.8 Å². The molecule has 0 atom stereocenters. The molecule has 0 bridgehead atoms. The van der Waals surface area contributed by atoms with Crippen molar-refractivity contribution >= 4 is 11.9 Å². The molecular formula is C11H19N3O2. The van der Waals surface area contributed by atoms with Gasteiger partial charge in [0.25, 0.3) is 0 Å². The van der Waals surface area contributed by atoms with Gasteiger partial charge in [-0.05, 0) is 12.8 Å². The molecule has 5 heteroatoms. The van der Waals surface area contributed by atoms with Gasteiger partial charge >= 0.3 is 6.03 Å². The minimum absolute atomic E-state index is 0.0403. The highest BCUT2D eigenvalue weighted by molar-refractivity contribution is 5.81. The first-order chi connectivity index (χ1) is 7.59. The van der Waals surface area contributed by atoms with Gasteiger partial charge in [-0.3, -0.25) is 4.79 Å². The molecule has 1 saturated carbocycles. The highest BCUT2D eigenvalue weighted by atomic mass is 16.2. The molecule has 0 aromatic carbocycles. The van der Waals surface area contributed by atoms with E-state index in [9.17, 15) is 9.59 Å². The molecule has 0 aromatic heterocycles. The van der Waals surface area contributed by atoms with Gasteiger partial charge in [0.1, 0.15) is 0 Å². The van der Waals surface area contributed by atoms with E-state index in [4.69, 9.17) is 0 Å². The van der Waals surface area contributed by atoms with Crippen molar-refractivity contribution in [2.75, 3.05) is 40.3 Å². The molecular weight excluding hydrogens is 206 g/mol. The topological polar surface area (TPSA) is 43.9 Å². The molecule has 0 aromatic rings. The summed E-state index contributed by atoms with van der Waals surface area (Å²) in [6.07, 6.45) is 2.10. The van der Waals surface area contributed by atoms with Crippen molar-refractivity contribution in [1.29, 1.82) is 0 Å². The van der Waals surface area contributed by atoms with Gasteiger partial charge in [0.05, 0.1) is 0 Å². The van der Waals surface area contributed by atoms with Crippen molar-refractivity contribution in [3.63, 3.8) is 0 Å². The van der Waals surface area contributed by atoms with E-state index in [0.717, 1.165) is 12.8 Å². The van der Waals surface area contributed by atoms with Gasteiger partial charge in [0.15, 0.2) is 0 Å². The van der Waals surface area contributed by atoms with Crippen LogP contribution in [-0.4, -0.2) is 66.9 Å². The van der Waals surface area contributed by atoms with Crippen molar-refractivity contribution in [3.8, 4) is 0 Å². The van der Waals surface area contributed by atoms with Crippen molar-refractivity contribution in [1.82, 2.24) is 14.7 Å². The van der Waals surface area contributed by atoms with Gasteiger partial charge in [0, 0.05) is 46.2 Å². The monoisotopic (exact) mass is 225 g/mol. The molecule has 2 aliphatic rings. The molecule has 0 N–H and O–H groups in total. The van der Waals surface area contributed by atoms with Crippen LogP contribution in [0.15, 0.2) is 0 Å². The standard InChI is InChI=1S/C11H19N3O2/c1-12(2)11(16)14-7-5-13(6-8-14)10(15)9-3-4-9/h9H,3-8H2,1-2H3. The Morgan fingerprint density at radius 1 is 1.00 bits per heavy atom. The predicted molar refractivity (Wildman–Crippen MR) is 60.0 cm³/mol. The van der Waals surface area contributed by atoms with Gasteiger partial charge in [-0.1, -0.05) is 0 Å². The van der Waals surface area contributed by atoms with Gasteiger partial charge in [0.2, 0.25) is 5.91 Å². The van der Waals surface area contributed by atoms with Crippen LogP contribution in [-0.2, 0) is 4.79 Å². The maximum Gasteiger partial charge on any atom is 0.319 e. The zero-order valence-electron chi connectivity index (χ0n) is 9.98. The summed E-state index contributed by atoms with van der Waals surface area (Å²) < 4.78 is 0. The summed E-state index contributed by atoms with van der Waals surface area (Å²) in [7, 11) is 3.51. The van der Waals surface area contributed by atoms with E-state index in [1.54, 1.807) is 23.9 Å². The smallest absolute Gasteiger partial charge is 0.319 e. The molecule has 5 nitrogen and oxygen atoms in total. The number of carbonyl (C=O) groups excluding carboxylic acids is 2. The first-order valence-electron chi connectivity index (χ1n) is 5.84. The van der Waals surface area contributed by atoms with Gasteiger partial charge in [-0.2, -0.15) is 0 Å². The highest BCUT2D eigenvalue weighted by Crippen LogP contribution is 2.31. The summed E-state index contributed by atoms with van der Waals surface area (Å²) in [6, 6.07) is 0.0403. The number of rotatable bonds is 1. The van der Waals surface area contributed by atoms with E-state index in [1.807, 2.05) is 4.90 Å². The SMILES string of the molecule is CN(C)C(=O)N1CCN(C(=O)C2CC2)CC1. The third kappa shape index (κ3) is 2.28. The minimum atomic E-state index is 0.0403. The molecule has 1 saturated heterocycles. The lowest BCUT2D eigenvalue weighted by Gasteiger charge is -2.36. The lowest BCUT2D eigenvalue weighted by molar-refractivity contribution is -0.134. The quantitative estimate of drug-likeness (QED) is 0.641. The number of piperazine rings is 1. The van der Waals surface area contributed by atoms with Crippen LogP contribution in [0.2, 0.25) is 0 Å². The molecule has 1 aliphatic carbocycles. The maximum atomic E-state index is 11.8. The Labute approximate surface area is 96.0 Å². The van der Waals surface area contributed by atoms with Gasteiger partial charge in [-0.15, -0.1) is 0 Å². The van der Waals surface area contributed by atoms with Gasteiger partial charge in [-0.25, -0.2) is 4.79 Å². The molecule has 90 valence electrons. The van der Waals surface area contributed by atoms with E-state index < -0.39 is 0 Å². The lowest BCUT2D eigenvalue weighted by Crippen LogP contribution is -2.53. The van der Waals surface area contributed by atoms with E-state index >= 15 is 0 Å². The third-order valence-corrected chi connectivity index (χ3v) is 3.17. The number of carbonyl (C=O) groups is 2. The molecule has 16 heavy (non-hydrogen) atoms. The first kappa shape index (κ1) is 11.2. The average Bonchev–Trinajstić information content (AvgIpc) is 3.11. The van der Waals surface area contributed by atoms with Crippen molar-refractivity contribution in [2.24, 2.45) is 5.92 Å². The number of urea groups is 1. The number of amides is 3. The number of hydrogen-bond acceptors (Lipinski definition) is 2. The van der Waals surface area contributed by atoms with Crippen LogP contribution in [0.5, 0.6) is 0 Å². The summed E-state index contributed by atoms with van der Waals surface area (Å²) >= 11 is 0. The van der Waals surface area contributed by atoms with Crippen molar-refractivity contribution in [3.05, 3.63) is 0 Å². The molecule has 2 rings (SSSR count). The Hall–Kier alpha value is -1.26. The second-order valence-corrected chi connectivity index (χ2v) is 4.76. The fourth-order valence-corrected chi connectivity index (χ4v) is 1.99. The molecule has 1 heterocycles. The largest absolute Gasteiger partial charge is 0.339 e. The van der Waals surface area contributed by atoms with Crippen LogP contribution in [0.3, 0.4) is 0 Å². The second-order valence-electron chi connectivity index (χ2n) is 4.76. The van der Waals surface area contributed by atoms with Crippen LogP contribution < -0.4 is 0 Å².